The lowest BCUT2D eigenvalue weighted by atomic mass is 9.70. The first-order valence-electron chi connectivity index (χ1n) is 11.3. The van der Waals surface area contributed by atoms with Gasteiger partial charge in [-0.15, -0.1) is 11.8 Å². The minimum atomic E-state index is -0.669. The first-order valence-corrected chi connectivity index (χ1v) is 12.5. The molecule has 2 aliphatic heterocycles. The van der Waals surface area contributed by atoms with Crippen LogP contribution >= 0.6 is 23.4 Å². The minimum Gasteiger partial charge on any atom is -0.478 e. The standard InChI is InChI=1S/C29H22ClNO2S/c30-22-17-15-21(16-18-22)29-19-26(20-9-3-1-4-10-20)34-25-14-8-7-13-24(25)31(29)28(32)27(29)33-23-11-5-2-6-12-23/h1-18,26-27H,19H2/t26-,27-,29+/m0/s1. The second-order valence-corrected chi connectivity index (χ2v) is 10.3. The van der Waals surface area contributed by atoms with Crippen molar-refractivity contribution in [3.63, 3.8) is 0 Å². The predicted molar refractivity (Wildman–Crippen MR) is 138 cm³/mol. The molecule has 0 radical (unpaired) electrons. The number of carbonyl (C=O) groups excluding carboxylic acids is 1. The van der Waals surface area contributed by atoms with Crippen molar-refractivity contribution in [2.75, 3.05) is 4.90 Å². The van der Waals surface area contributed by atoms with Crippen molar-refractivity contribution < 1.29 is 9.53 Å². The van der Waals surface area contributed by atoms with E-state index in [4.69, 9.17) is 16.3 Å². The number of nitrogens with zero attached hydrogens (tertiary/aromatic N) is 1. The van der Waals surface area contributed by atoms with Gasteiger partial charge in [0.05, 0.1) is 5.69 Å². The van der Waals surface area contributed by atoms with E-state index in [1.54, 1.807) is 0 Å². The number of halogens is 1. The molecule has 4 aromatic carbocycles. The zero-order valence-corrected chi connectivity index (χ0v) is 19.9. The number of hydrogen-bond donors (Lipinski definition) is 0. The summed E-state index contributed by atoms with van der Waals surface area (Å²) in [6, 6.07) is 36.1. The molecule has 0 bridgehead atoms. The molecule has 3 atom stereocenters. The summed E-state index contributed by atoms with van der Waals surface area (Å²) in [5.41, 5.74) is 2.52. The number of fused-ring (bicyclic) bond motifs is 3. The van der Waals surface area contributed by atoms with E-state index in [0.717, 1.165) is 16.1 Å². The van der Waals surface area contributed by atoms with E-state index in [-0.39, 0.29) is 11.2 Å². The topological polar surface area (TPSA) is 29.5 Å². The quantitative estimate of drug-likeness (QED) is 0.286. The largest absolute Gasteiger partial charge is 0.478 e. The maximum Gasteiger partial charge on any atom is 0.271 e. The Morgan fingerprint density at radius 1 is 0.824 bits per heavy atom. The summed E-state index contributed by atoms with van der Waals surface area (Å²) in [5, 5.41) is 0.805. The number of hydrogen-bond acceptors (Lipinski definition) is 3. The van der Waals surface area contributed by atoms with E-state index in [1.807, 2.05) is 95.5 Å². The van der Waals surface area contributed by atoms with Gasteiger partial charge < -0.3 is 4.74 Å². The van der Waals surface area contributed by atoms with Gasteiger partial charge in [-0.25, -0.2) is 0 Å². The van der Waals surface area contributed by atoms with Gasteiger partial charge in [-0.2, -0.15) is 0 Å². The van der Waals surface area contributed by atoms with Gasteiger partial charge in [0.15, 0.2) is 0 Å². The van der Waals surface area contributed by atoms with Crippen LogP contribution in [-0.2, 0) is 10.3 Å². The number of ether oxygens (including phenoxy) is 1. The van der Waals surface area contributed by atoms with E-state index >= 15 is 0 Å². The summed E-state index contributed by atoms with van der Waals surface area (Å²) in [4.78, 5) is 16.8. The third-order valence-electron chi connectivity index (χ3n) is 6.66. The number of rotatable bonds is 4. The lowest BCUT2D eigenvalue weighted by Crippen LogP contribution is -2.74. The predicted octanol–water partition coefficient (Wildman–Crippen LogP) is 7.27. The Morgan fingerprint density at radius 3 is 2.21 bits per heavy atom. The molecule has 1 saturated heterocycles. The third kappa shape index (κ3) is 3.41. The molecule has 0 unspecified atom stereocenters. The molecule has 1 amide bonds. The van der Waals surface area contributed by atoms with Gasteiger partial charge in [-0.3, -0.25) is 9.69 Å². The van der Waals surface area contributed by atoms with Crippen LogP contribution in [0.3, 0.4) is 0 Å². The summed E-state index contributed by atoms with van der Waals surface area (Å²) in [6.45, 7) is 0. The molecule has 3 nitrogen and oxygen atoms in total. The van der Waals surface area contributed by atoms with Crippen molar-refractivity contribution in [1.29, 1.82) is 0 Å². The fraction of sp³-hybridized carbons (Fsp3) is 0.138. The fourth-order valence-electron chi connectivity index (χ4n) is 5.09. The Bertz CT molecular complexity index is 1330. The van der Waals surface area contributed by atoms with Crippen molar-refractivity contribution in [1.82, 2.24) is 0 Å². The van der Waals surface area contributed by atoms with Gasteiger partial charge in [0.25, 0.3) is 5.91 Å². The highest BCUT2D eigenvalue weighted by Gasteiger charge is 2.65. The van der Waals surface area contributed by atoms with Gasteiger partial charge in [0.1, 0.15) is 11.3 Å². The number of β-lactam (4-membered cyclic amide) rings is 1. The van der Waals surface area contributed by atoms with Gasteiger partial charge in [0, 0.05) is 15.2 Å². The highest BCUT2D eigenvalue weighted by Crippen LogP contribution is 2.59. The second-order valence-electron chi connectivity index (χ2n) is 8.60. The third-order valence-corrected chi connectivity index (χ3v) is 8.24. The number of amides is 1. The highest BCUT2D eigenvalue weighted by molar-refractivity contribution is 7.99. The SMILES string of the molecule is O=C1[C@H](Oc2ccccc2)[C@]2(c3ccc(Cl)cc3)C[C@@H](c3ccccc3)Sc3ccccc3N12. The maximum absolute atomic E-state index is 13.8. The van der Waals surface area contributed by atoms with Gasteiger partial charge in [0.2, 0.25) is 6.10 Å². The summed E-state index contributed by atoms with van der Waals surface area (Å²) in [7, 11) is 0. The Balaban J connectivity index is 1.55. The molecule has 6 rings (SSSR count). The second kappa shape index (κ2) is 8.53. The van der Waals surface area contributed by atoms with Crippen LogP contribution in [0.2, 0.25) is 5.02 Å². The van der Waals surface area contributed by atoms with Crippen molar-refractivity contribution in [2.45, 2.75) is 28.2 Å². The zero-order valence-electron chi connectivity index (χ0n) is 18.3. The van der Waals surface area contributed by atoms with Crippen LogP contribution in [0.15, 0.2) is 114 Å². The maximum atomic E-state index is 13.8. The minimum absolute atomic E-state index is 0.0273. The molecule has 2 aliphatic rings. The molecule has 0 aliphatic carbocycles. The molecule has 5 heteroatoms. The fourth-order valence-corrected chi connectivity index (χ4v) is 6.59. The van der Waals surface area contributed by atoms with Crippen LogP contribution in [-0.4, -0.2) is 12.0 Å². The van der Waals surface area contributed by atoms with Crippen LogP contribution in [0.1, 0.15) is 22.8 Å². The lowest BCUT2D eigenvalue weighted by molar-refractivity contribution is -0.142. The molecular weight excluding hydrogens is 462 g/mol. The highest BCUT2D eigenvalue weighted by atomic mass is 35.5. The smallest absolute Gasteiger partial charge is 0.271 e. The first kappa shape index (κ1) is 21.3. The normalized spacial score (nSPS) is 23.3. The molecule has 1 fully saturated rings. The van der Waals surface area contributed by atoms with Crippen LogP contribution in [0.5, 0.6) is 5.75 Å². The van der Waals surface area contributed by atoms with E-state index in [9.17, 15) is 4.79 Å². The van der Waals surface area contributed by atoms with Gasteiger partial charge >= 0.3 is 0 Å². The molecule has 34 heavy (non-hydrogen) atoms. The average molecular weight is 484 g/mol. The molecule has 0 N–H and O–H groups in total. The van der Waals surface area contributed by atoms with E-state index in [2.05, 4.69) is 30.3 Å². The van der Waals surface area contributed by atoms with Crippen LogP contribution < -0.4 is 9.64 Å². The number of benzene rings is 4. The zero-order chi connectivity index (χ0) is 23.1. The Kier molecular flexibility index (Phi) is 5.35. The summed E-state index contributed by atoms with van der Waals surface area (Å²) in [6.07, 6.45) is 0.0652. The Hall–Kier alpha value is -3.21. The van der Waals surface area contributed by atoms with Gasteiger partial charge in [-0.05, 0) is 53.9 Å². The monoisotopic (exact) mass is 483 g/mol. The first-order chi connectivity index (χ1) is 16.7. The Morgan fingerprint density at radius 2 is 1.47 bits per heavy atom. The van der Waals surface area contributed by atoms with E-state index < -0.39 is 11.6 Å². The molecule has 168 valence electrons. The van der Waals surface area contributed by atoms with E-state index in [0.29, 0.717) is 17.2 Å². The van der Waals surface area contributed by atoms with Crippen LogP contribution in [0, 0.1) is 0 Å². The van der Waals surface area contributed by atoms with Crippen molar-refractivity contribution in [3.05, 3.63) is 125 Å². The van der Waals surface area contributed by atoms with Crippen LogP contribution in [0.4, 0.5) is 5.69 Å². The van der Waals surface area contributed by atoms with Gasteiger partial charge in [-0.1, -0.05) is 84.4 Å². The Labute approximate surface area is 208 Å². The molecule has 0 aromatic heterocycles. The van der Waals surface area contributed by atoms with Crippen LogP contribution in [0.25, 0.3) is 0 Å². The van der Waals surface area contributed by atoms with Crippen molar-refractivity contribution in [3.8, 4) is 5.75 Å². The molecule has 0 saturated carbocycles. The molecule has 2 heterocycles. The molecular formula is C29H22ClNO2S. The molecule has 4 aromatic rings. The number of thioether (sulfide) groups is 1. The lowest BCUT2D eigenvalue weighted by Gasteiger charge is -2.57. The van der Waals surface area contributed by atoms with Crippen molar-refractivity contribution >= 4 is 35.0 Å². The number of carbonyl (C=O) groups is 1. The summed E-state index contributed by atoms with van der Waals surface area (Å²) < 4.78 is 6.44. The average Bonchev–Trinajstić information content (AvgIpc) is 3.02. The number of para-hydroxylation sites is 2. The summed E-state index contributed by atoms with van der Waals surface area (Å²) in [5.74, 6) is 0.663. The summed E-state index contributed by atoms with van der Waals surface area (Å²) >= 11 is 8.08. The molecule has 0 spiro atoms. The van der Waals surface area contributed by atoms with Crippen molar-refractivity contribution in [2.24, 2.45) is 0 Å². The number of anilines is 1. The van der Waals surface area contributed by atoms with E-state index in [1.165, 1.54) is 5.56 Å².